The third kappa shape index (κ3) is 2.02. The van der Waals surface area contributed by atoms with Gasteiger partial charge in [-0.1, -0.05) is 13.8 Å². The predicted octanol–water partition coefficient (Wildman–Crippen LogP) is 2.10. The van der Waals surface area contributed by atoms with E-state index in [0.29, 0.717) is 0 Å². The molecule has 3 saturated heterocycles. The van der Waals surface area contributed by atoms with Crippen molar-refractivity contribution in [2.75, 3.05) is 19.6 Å². The van der Waals surface area contributed by atoms with Crippen LogP contribution < -0.4 is 5.32 Å². The highest BCUT2D eigenvalue weighted by atomic mass is 15.2. The SMILES string of the molecule is CC(C)C1CCN(CC2CC3CCC2N3)C1. The van der Waals surface area contributed by atoms with Crippen LogP contribution in [0.1, 0.15) is 39.5 Å². The van der Waals surface area contributed by atoms with E-state index in [9.17, 15) is 0 Å². The normalized spacial score (nSPS) is 43.7. The molecule has 2 heteroatoms. The maximum atomic E-state index is 3.76. The molecule has 2 bridgehead atoms. The van der Waals surface area contributed by atoms with E-state index in [4.69, 9.17) is 0 Å². The van der Waals surface area contributed by atoms with Crippen molar-refractivity contribution in [2.24, 2.45) is 17.8 Å². The van der Waals surface area contributed by atoms with Crippen molar-refractivity contribution in [1.82, 2.24) is 10.2 Å². The number of hydrogen-bond donors (Lipinski definition) is 1. The maximum absolute atomic E-state index is 3.76. The molecule has 2 nitrogen and oxygen atoms in total. The summed E-state index contributed by atoms with van der Waals surface area (Å²) in [6.07, 6.45) is 5.77. The third-order valence-electron chi connectivity index (χ3n) is 5.18. The Bertz CT molecular complexity index is 251. The zero-order valence-electron chi connectivity index (χ0n) is 10.8. The molecule has 16 heavy (non-hydrogen) atoms. The second-order valence-corrected chi connectivity index (χ2v) is 6.60. The largest absolute Gasteiger partial charge is 0.311 e. The Morgan fingerprint density at radius 3 is 2.69 bits per heavy atom. The molecule has 0 spiro atoms. The van der Waals surface area contributed by atoms with Crippen molar-refractivity contribution in [1.29, 1.82) is 0 Å². The highest BCUT2D eigenvalue weighted by Gasteiger charge is 2.40. The summed E-state index contributed by atoms with van der Waals surface area (Å²) >= 11 is 0. The average Bonchev–Trinajstić information content (AvgIpc) is 2.91. The Hall–Kier alpha value is -0.0800. The van der Waals surface area contributed by atoms with Crippen LogP contribution in [0.2, 0.25) is 0 Å². The van der Waals surface area contributed by atoms with E-state index < -0.39 is 0 Å². The van der Waals surface area contributed by atoms with Gasteiger partial charge in [0.05, 0.1) is 0 Å². The lowest BCUT2D eigenvalue weighted by molar-refractivity contribution is 0.235. The zero-order valence-corrected chi connectivity index (χ0v) is 10.8. The average molecular weight is 222 g/mol. The van der Waals surface area contributed by atoms with Crippen LogP contribution in [0.5, 0.6) is 0 Å². The molecule has 0 aromatic heterocycles. The number of hydrogen-bond acceptors (Lipinski definition) is 2. The molecule has 4 atom stereocenters. The van der Waals surface area contributed by atoms with Gasteiger partial charge in [0.1, 0.15) is 0 Å². The Morgan fingerprint density at radius 2 is 2.12 bits per heavy atom. The minimum atomic E-state index is 0.864. The van der Waals surface area contributed by atoms with E-state index in [0.717, 1.165) is 29.8 Å². The van der Waals surface area contributed by atoms with Gasteiger partial charge in [-0.15, -0.1) is 0 Å². The molecule has 0 aliphatic carbocycles. The van der Waals surface area contributed by atoms with E-state index >= 15 is 0 Å². The molecular formula is C14H26N2. The van der Waals surface area contributed by atoms with Crippen LogP contribution in [0.4, 0.5) is 0 Å². The summed E-state index contributed by atoms with van der Waals surface area (Å²) in [5.41, 5.74) is 0. The molecule has 0 saturated carbocycles. The molecule has 3 heterocycles. The summed E-state index contributed by atoms with van der Waals surface area (Å²) in [7, 11) is 0. The van der Waals surface area contributed by atoms with Gasteiger partial charge < -0.3 is 10.2 Å². The first-order chi connectivity index (χ1) is 7.72. The van der Waals surface area contributed by atoms with Gasteiger partial charge in [-0.2, -0.15) is 0 Å². The molecule has 0 amide bonds. The molecule has 3 aliphatic rings. The quantitative estimate of drug-likeness (QED) is 0.787. The molecule has 3 fully saturated rings. The summed E-state index contributed by atoms with van der Waals surface area (Å²) in [5, 5.41) is 3.76. The third-order valence-corrected chi connectivity index (χ3v) is 5.18. The van der Waals surface area contributed by atoms with Crippen molar-refractivity contribution in [3.8, 4) is 0 Å². The van der Waals surface area contributed by atoms with E-state index in [2.05, 4.69) is 24.1 Å². The first-order valence-electron chi connectivity index (χ1n) is 7.21. The first kappa shape index (κ1) is 11.0. The summed E-state index contributed by atoms with van der Waals surface area (Å²) in [6, 6.07) is 1.74. The van der Waals surface area contributed by atoms with Crippen LogP contribution in [-0.4, -0.2) is 36.6 Å². The van der Waals surface area contributed by atoms with E-state index in [1.165, 1.54) is 45.3 Å². The number of nitrogens with one attached hydrogen (secondary N) is 1. The molecule has 92 valence electrons. The first-order valence-corrected chi connectivity index (χ1v) is 7.21. The van der Waals surface area contributed by atoms with Gasteiger partial charge in [0, 0.05) is 25.2 Å². The van der Waals surface area contributed by atoms with Gasteiger partial charge in [0.2, 0.25) is 0 Å². The molecule has 3 aliphatic heterocycles. The predicted molar refractivity (Wildman–Crippen MR) is 67.4 cm³/mol. The lowest BCUT2D eigenvalue weighted by Crippen LogP contribution is -2.34. The minimum Gasteiger partial charge on any atom is -0.311 e. The smallest absolute Gasteiger partial charge is 0.0111 e. The number of fused-ring (bicyclic) bond motifs is 2. The summed E-state index contributed by atoms with van der Waals surface area (Å²) in [6.45, 7) is 8.86. The standard InChI is InChI=1S/C14H26N2/c1-10(2)11-5-6-16(8-11)9-12-7-13-3-4-14(12)15-13/h10-15H,3-9H2,1-2H3. The fourth-order valence-corrected chi connectivity index (χ4v) is 4.04. The topological polar surface area (TPSA) is 15.3 Å². The minimum absolute atomic E-state index is 0.864. The Balaban J connectivity index is 1.49. The Morgan fingerprint density at radius 1 is 1.25 bits per heavy atom. The van der Waals surface area contributed by atoms with E-state index in [1.807, 2.05) is 0 Å². The second kappa shape index (κ2) is 4.30. The monoisotopic (exact) mass is 222 g/mol. The Labute approximate surface area is 99.8 Å². The van der Waals surface area contributed by atoms with Gasteiger partial charge in [-0.05, 0) is 50.0 Å². The number of rotatable bonds is 3. The second-order valence-electron chi connectivity index (χ2n) is 6.60. The van der Waals surface area contributed by atoms with Crippen LogP contribution in [-0.2, 0) is 0 Å². The molecule has 1 N–H and O–H groups in total. The lowest BCUT2D eigenvalue weighted by Gasteiger charge is -2.26. The zero-order chi connectivity index (χ0) is 11.1. The van der Waals surface area contributed by atoms with Gasteiger partial charge in [0.25, 0.3) is 0 Å². The van der Waals surface area contributed by atoms with Crippen LogP contribution >= 0.6 is 0 Å². The molecule has 0 aromatic rings. The highest BCUT2D eigenvalue weighted by molar-refractivity contribution is 4.98. The van der Waals surface area contributed by atoms with Crippen molar-refractivity contribution >= 4 is 0 Å². The Kier molecular flexibility index (Phi) is 2.97. The van der Waals surface area contributed by atoms with Crippen LogP contribution in [0, 0.1) is 17.8 Å². The van der Waals surface area contributed by atoms with Crippen LogP contribution in [0.3, 0.4) is 0 Å². The number of likely N-dealkylation sites (tertiary alicyclic amines) is 1. The van der Waals surface area contributed by atoms with Crippen LogP contribution in [0.25, 0.3) is 0 Å². The maximum Gasteiger partial charge on any atom is 0.0111 e. The van der Waals surface area contributed by atoms with Crippen molar-refractivity contribution in [2.45, 2.75) is 51.6 Å². The molecule has 4 unspecified atom stereocenters. The highest BCUT2D eigenvalue weighted by Crippen LogP contribution is 2.35. The van der Waals surface area contributed by atoms with Crippen molar-refractivity contribution < 1.29 is 0 Å². The van der Waals surface area contributed by atoms with Gasteiger partial charge in [-0.25, -0.2) is 0 Å². The van der Waals surface area contributed by atoms with Gasteiger partial charge >= 0.3 is 0 Å². The summed E-state index contributed by atoms with van der Waals surface area (Å²) < 4.78 is 0. The van der Waals surface area contributed by atoms with Gasteiger partial charge in [-0.3, -0.25) is 0 Å². The van der Waals surface area contributed by atoms with Gasteiger partial charge in [0.15, 0.2) is 0 Å². The van der Waals surface area contributed by atoms with Crippen molar-refractivity contribution in [3.63, 3.8) is 0 Å². The summed E-state index contributed by atoms with van der Waals surface area (Å²) in [5.74, 6) is 2.80. The molecule has 0 aromatic carbocycles. The number of nitrogens with zero attached hydrogens (tertiary/aromatic N) is 1. The molecule has 3 rings (SSSR count). The van der Waals surface area contributed by atoms with Crippen molar-refractivity contribution in [3.05, 3.63) is 0 Å². The fourth-order valence-electron chi connectivity index (χ4n) is 4.04. The molecular weight excluding hydrogens is 196 g/mol. The van der Waals surface area contributed by atoms with Crippen LogP contribution in [0.15, 0.2) is 0 Å². The molecule has 0 radical (unpaired) electrons. The van der Waals surface area contributed by atoms with E-state index in [1.54, 1.807) is 0 Å². The lowest BCUT2D eigenvalue weighted by atomic mass is 9.89. The fraction of sp³-hybridized carbons (Fsp3) is 1.00. The van der Waals surface area contributed by atoms with E-state index in [-0.39, 0.29) is 0 Å². The summed E-state index contributed by atoms with van der Waals surface area (Å²) in [4.78, 5) is 2.73.